The Morgan fingerprint density at radius 1 is 1.19 bits per heavy atom. The van der Waals surface area contributed by atoms with Gasteiger partial charge in [-0.3, -0.25) is 0 Å². The molecule has 106 valence electrons. The monoisotopic (exact) mass is 281 g/mol. The molecule has 0 radical (unpaired) electrons. The van der Waals surface area contributed by atoms with Crippen LogP contribution in [0.25, 0.3) is 17.0 Å². The zero-order chi connectivity index (χ0) is 14.2. The fraction of sp³-hybridized carbons (Fsp3) is 0.267. The first-order valence-corrected chi connectivity index (χ1v) is 7.00. The van der Waals surface area contributed by atoms with Crippen LogP contribution in [0.2, 0.25) is 0 Å². The molecule has 0 amide bonds. The zero-order valence-electron chi connectivity index (χ0n) is 11.4. The van der Waals surface area contributed by atoms with Gasteiger partial charge in [0.25, 0.3) is 5.78 Å². The number of rotatable bonds is 2. The Kier molecular flexibility index (Phi) is 2.82. The average molecular weight is 281 g/mol. The second kappa shape index (κ2) is 4.82. The molecule has 3 aromatic rings. The first-order chi connectivity index (χ1) is 10.3. The second-order valence-electron chi connectivity index (χ2n) is 5.23. The summed E-state index contributed by atoms with van der Waals surface area (Å²) in [5.74, 6) is 1.50. The Morgan fingerprint density at radius 3 is 2.81 bits per heavy atom. The summed E-state index contributed by atoms with van der Waals surface area (Å²) >= 11 is 0. The van der Waals surface area contributed by atoms with Crippen molar-refractivity contribution in [3.8, 4) is 11.3 Å². The van der Waals surface area contributed by atoms with Gasteiger partial charge >= 0.3 is 0 Å². The third-order valence-corrected chi connectivity index (χ3v) is 3.79. The van der Waals surface area contributed by atoms with Crippen LogP contribution in [-0.4, -0.2) is 43.9 Å². The molecule has 1 aromatic carbocycles. The summed E-state index contributed by atoms with van der Waals surface area (Å²) in [6, 6.07) is 12.0. The summed E-state index contributed by atoms with van der Waals surface area (Å²) in [4.78, 5) is 10.9. The van der Waals surface area contributed by atoms with E-state index < -0.39 is 0 Å². The number of anilines is 1. The summed E-state index contributed by atoms with van der Waals surface area (Å²) < 4.78 is 1.73. The second-order valence-corrected chi connectivity index (χ2v) is 5.23. The van der Waals surface area contributed by atoms with Crippen molar-refractivity contribution < 1.29 is 5.11 Å². The van der Waals surface area contributed by atoms with Gasteiger partial charge in [0.1, 0.15) is 12.1 Å². The van der Waals surface area contributed by atoms with E-state index in [4.69, 9.17) is 0 Å². The first kappa shape index (κ1) is 12.3. The standard InChI is InChI=1S/C15H15N5O/c21-12-6-7-19(9-12)14-8-13(11-4-2-1-3-5-11)18-15-16-10-17-20(14)15/h1-5,8,10,12,21H,6-7,9H2/t12-/m0/s1. The molecule has 1 aliphatic heterocycles. The SMILES string of the molecule is O[C@H]1CCN(c2cc(-c3ccccc3)nc3ncnn23)C1. The van der Waals surface area contributed by atoms with Crippen molar-refractivity contribution in [2.24, 2.45) is 0 Å². The van der Waals surface area contributed by atoms with Crippen LogP contribution in [-0.2, 0) is 0 Å². The molecule has 0 saturated carbocycles. The smallest absolute Gasteiger partial charge is 0.254 e. The van der Waals surface area contributed by atoms with Gasteiger partial charge in [0.15, 0.2) is 0 Å². The number of benzene rings is 1. The van der Waals surface area contributed by atoms with Crippen molar-refractivity contribution in [1.82, 2.24) is 19.6 Å². The van der Waals surface area contributed by atoms with E-state index in [0.717, 1.165) is 30.0 Å². The molecule has 1 aliphatic rings. The van der Waals surface area contributed by atoms with Crippen LogP contribution in [0.4, 0.5) is 5.82 Å². The van der Waals surface area contributed by atoms with Crippen LogP contribution >= 0.6 is 0 Å². The van der Waals surface area contributed by atoms with E-state index in [0.29, 0.717) is 12.3 Å². The molecule has 1 saturated heterocycles. The first-order valence-electron chi connectivity index (χ1n) is 7.00. The lowest BCUT2D eigenvalue weighted by molar-refractivity contribution is 0.198. The molecule has 0 aliphatic carbocycles. The van der Waals surface area contributed by atoms with E-state index in [1.54, 1.807) is 4.52 Å². The topological polar surface area (TPSA) is 66.5 Å². The third kappa shape index (κ3) is 2.13. The largest absolute Gasteiger partial charge is 0.391 e. The van der Waals surface area contributed by atoms with Crippen molar-refractivity contribution in [3.05, 3.63) is 42.7 Å². The Hall–Kier alpha value is -2.47. The van der Waals surface area contributed by atoms with Gasteiger partial charge in [0.05, 0.1) is 11.8 Å². The highest BCUT2D eigenvalue weighted by molar-refractivity contribution is 5.65. The number of aromatic nitrogens is 4. The lowest BCUT2D eigenvalue weighted by Gasteiger charge is -2.19. The maximum Gasteiger partial charge on any atom is 0.254 e. The highest BCUT2D eigenvalue weighted by Gasteiger charge is 2.23. The minimum atomic E-state index is -0.281. The fourth-order valence-corrected chi connectivity index (χ4v) is 2.73. The van der Waals surface area contributed by atoms with E-state index in [1.807, 2.05) is 36.4 Å². The highest BCUT2D eigenvalue weighted by atomic mass is 16.3. The minimum Gasteiger partial charge on any atom is -0.391 e. The molecule has 21 heavy (non-hydrogen) atoms. The minimum absolute atomic E-state index is 0.281. The fourth-order valence-electron chi connectivity index (χ4n) is 2.73. The highest BCUT2D eigenvalue weighted by Crippen LogP contribution is 2.26. The van der Waals surface area contributed by atoms with Crippen molar-refractivity contribution >= 4 is 11.6 Å². The van der Waals surface area contributed by atoms with Gasteiger partial charge in [0.2, 0.25) is 0 Å². The van der Waals surface area contributed by atoms with Gasteiger partial charge in [-0.2, -0.15) is 14.6 Å². The molecule has 2 aromatic heterocycles. The van der Waals surface area contributed by atoms with E-state index in [1.165, 1.54) is 6.33 Å². The van der Waals surface area contributed by atoms with Gasteiger partial charge in [-0.25, -0.2) is 4.98 Å². The molecule has 1 fully saturated rings. The number of hydrogen-bond donors (Lipinski definition) is 1. The Labute approximate surface area is 121 Å². The number of hydrogen-bond acceptors (Lipinski definition) is 5. The number of aliphatic hydroxyl groups is 1. The maximum atomic E-state index is 9.77. The molecular formula is C15H15N5O. The predicted octanol–water partition coefficient (Wildman–Crippen LogP) is 1.36. The average Bonchev–Trinajstić information content (AvgIpc) is 3.15. The molecule has 6 heteroatoms. The Morgan fingerprint density at radius 2 is 2.05 bits per heavy atom. The normalized spacial score (nSPS) is 18.5. The van der Waals surface area contributed by atoms with Gasteiger partial charge in [0, 0.05) is 24.7 Å². The summed E-state index contributed by atoms with van der Waals surface area (Å²) in [7, 11) is 0. The molecule has 3 heterocycles. The van der Waals surface area contributed by atoms with Gasteiger partial charge < -0.3 is 10.0 Å². The van der Waals surface area contributed by atoms with E-state index in [2.05, 4.69) is 20.0 Å². The Bertz CT molecular complexity index is 770. The zero-order valence-corrected chi connectivity index (χ0v) is 11.4. The quantitative estimate of drug-likeness (QED) is 0.768. The van der Waals surface area contributed by atoms with Crippen LogP contribution in [0, 0.1) is 0 Å². The van der Waals surface area contributed by atoms with E-state index in [9.17, 15) is 5.11 Å². The molecule has 6 nitrogen and oxygen atoms in total. The molecule has 1 atom stereocenters. The van der Waals surface area contributed by atoms with E-state index in [-0.39, 0.29) is 6.10 Å². The lowest BCUT2D eigenvalue weighted by atomic mass is 10.1. The molecule has 1 N–H and O–H groups in total. The van der Waals surface area contributed by atoms with Gasteiger partial charge in [-0.05, 0) is 6.42 Å². The van der Waals surface area contributed by atoms with Crippen molar-refractivity contribution in [2.45, 2.75) is 12.5 Å². The van der Waals surface area contributed by atoms with Gasteiger partial charge in [-0.1, -0.05) is 30.3 Å². The third-order valence-electron chi connectivity index (χ3n) is 3.79. The van der Waals surface area contributed by atoms with Crippen LogP contribution in [0.1, 0.15) is 6.42 Å². The van der Waals surface area contributed by atoms with Crippen molar-refractivity contribution in [2.75, 3.05) is 18.0 Å². The number of aliphatic hydroxyl groups excluding tert-OH is 1. The predicted molar refractivity (Wildman–Crippen MR) is 79.1 cm³/mol. The molecular weight excluding hydrogens is 266 g/mol. The summed E-state index contributed by atoms with van der Waals surface area (Å²) in [6.45, 7) is 1.43. The van der Waals surface area contributed by atoms with Crippen LogP contribution < -0.4 is 4.90 Å². The number of nitrogens with zero attached hydrogens (tertiary/aromatic N) is 5. The van der Waals surface area contributed by atoms with Crippen LogP contribution in [0.3, 0.4) is 0 Å². The molecule has 4 rings (SSSR count). The molecule has 0 spiro atoms. The van der Waals surface area contributed by atoms with Crippen LogP contribution in [0.15, 0.2) is 42.7 Å². The van der Waals surface area contributed by atoms with Crippen LogP contribution in [0.5, 0.6) is 0 Å². The molecule has 0 bridgehead atoms. The summed E-state index contributed by atoms with van der Waals surface area (Å²) in [6.07, 6.45) is 2.00. The maximum absolute atomic E-state index is 9.77. The van der Waals surface area contributed by atoms with Gasteiger partial charge in [-0.15, -0.1) is 0 Å². The lowest BCUT2D eigenvalue weighted by Crippen LogP contribution is -2.24. The van der Waals surface area contributed by atoms with Crippen molar-refractivity contribution in [1.29, 1.82) is 0 Å². The summed E-state index contributed by atoms with van der Waals surface area (Å²) in [5, 5.41) is 14.0. The summed E-state index contributed by atoms with van der Waals surface area (Å²) in [5.41, 5.74) is 1.91. The number of β-amino-alcohol motifs (C(OH)–C–C–N with tert-alkyl or cyclic N) is 1. The van der Waals surface area contributed by atoms with Crippen molar-refractivity contribution in [3.63, 3.8) is 0 Å². The van der Waals surface area contributed by atoms with E-state index >= 15 is 0 Å². The molecule has 0 unspecified atom stereocenters. The number of fused-ring (bicyclic) bond motifs is 1. The Balaban J connectivity index is 1.87.